The van der Waals surface area contributed by atoms with Gasteiger partial charge >= 0.3 is 12.0 Å². The Morgan fingerprint density at radius 3 is 2.80 bits per heavy atom. The Bertz CT molecular complexity index is 528. The maximum absolute atomic E-state index is 12.2. The van der Waals surface area contributed by atoms with Gasteiger partial charge < -0.3 is 15.3 Å². The Morgan fingerprint density at radius 2 is 2.20 bits per heavy atom. The number of benzene rings is 1. The average molecular weight is 276 g/mol. The van der Waals surface area contributed by atoms with Crippen molar-refractivity contribution in [3.05, 3.63) is 29.3 Å². The van der Waals surface area contributed by atoms with Crippen LogP contribution in [0.5, 0.6) is 0 Å². The van der Waals surface area contributed by atoms with E-state index >= 15 is 0 Å². The van der Waals surface area contributed by atoms with Gasteiger partial charge in [0.2, 0.25) is 0 Å². The van der Waals surface area contributed by atoms with Crippen molar-refractivity contribution in [1.82, 2.24) is 4.90 Å². The molecule has 1 saturated heterocycles. The van der Waals surface area contributed by atoms with Crippen LogP contribution in [0, 0.1) is 12.8 Å². The minimum absolute atomic E-state index is 0.147. The molecule has 20 heavy (non-hydrogen) atoms. The molecular weight excluding hydrogens is 256 g/mol. The van der Waals surface area contributed by atoms with Gasteiger partial charge in [-0.3, -0.25) is 0 Å². The molecule has 1 aliphatic rings. The lowest BCUT2D eigenvalue weighted by Gasteiger charge is -2.18. The Balaban J connectivity index is 2.08. The van der Waals surface area contributed by atoms with E-state index in [1.54, 1.807) is 11.0 Å². The van der Waals surface area contributed by atoms with E-state index in [2.05, 4.69) is 12.2 Å². The number of amides is 2. The average Bonchev–Trinajstić information content (AvgIpc) is 2.89. The van der Waals surface area contributed by atoms with Gasteiger partial charge in [0, 0.05) is 18.8 Å². The van der Waals surface area contributed by atoms with Crippen molar-refractivity contribution in [2.75, 3.05) is 18.4 Å². The van der Waals surface area contributed by atoms with Crippen LogP contribution >= 0.6 is 0 Å². The summed E-state index contributed by atoms with van der Waals surface area (Å²) in [4.78, 5) is 24.9. The summed E-state index contributed by atoms with van der Waals surface area (Å²) < 4.78 is 0. The van der Waals surface area contributed by atoms with E-state index in [0.29, 0.717) is 11.6 Å². The zero-order chi connectivity index (χ0) is 14.7. The molecule has 108 valence electrons. The second-order valence-corrected chi connectivity index (χ2v) is 5.27. The molecule has 0 bridgehead atoms. The Labute approximate surface area is 118 Å². The molecule has 0 spiro atoms. The number of hydrogen-bond acceptors (Lipinski definition) is 2. The van der Waals surface area contributed by atoms with Crippen LogP contribution in [0.2, 0.25) is 0 Å². The van der Waals surface area contributed by atoms with Crippen LogP contribution < -0.4 is 5.32 Å². The molecule has 1 unspecified atom stereocenters. The van der Waals surface area contributed by atoms with Crippen LogP contribution in [0.25, 0.3) is 0 Å². The molecule has 0 aromatic heterocycles. The van der Waals surface area contributed by atoms with Crippen molar-refractivity contribution in [2.45, 2.75) is 26.7 Å². The predicted molar refractivity (Wildman–Crippen MR) is 77.1 cm³/mol. The maximum Gasteiger partial charge on any atom is 0.335 e. The first kappa shape index (κ1) is 14.4. The monoisotopic (exact) mass is 276 g/mol. The van der Waals surface area contributed by atoms with E-state index in [-0.39, 0.29) is 11.6 Å². The fourth-order valence-electron chi connectivity index (χ4n) is 2.43. The van der Waals surface area contributed by atoms with Crippen molar-refractivity contribution in [2.24, 2.45) is 5.92 Å². The second kappa shape index (κ2) is 5.94. The summed E-state index contributed by atoms with van der Waals surface area (Å²) >= 11 is 0. The SMILES string of the molecule is CCC1CCN(C(=O)Nc2cc(C(=O)O)ccc2C)C1. The minimum Gasteiger partial charge on any atom is -0.478 e. The zero-order valence-electron chi connectivity index (χ0n) is 11.8. The van der Waals surface area contributed by atoms with Gasteiger partial charge in [0.25, 0.3) is 0 Å². The van der Waals surface area contributed by atoms with Crippen molar-refractivity contribution in [3.63, 3.8) is 0 Å². The number of carboxylic acids is 1. The molecule has 1 aromatic rings. The number of anilines is 1. The summed E-state index contributed by atoms with van der Waals surface area (Å²) in [5.74, 6) is -0.417. The van der Waals surface area contributed by atoms with Crippen LogP contribution in [0.1, 0.15) is 35.7 Å². The fourth-order valence-corrected chi connectivity index (χ4v) is 2.43. The topological polar surface area (TPSA) is 69.6 Å². The molecule has 2 amide bonds. The van der Waals surface area contributed by atoms with E-state index in [1.165, 1.54) is 12.1 Å². The molecule has 1 fully saturated rings. The standard InChI is InChI=1S/C15H20N2O3/c1-3-11-6-7-17(9-11)15(20)16-13-8-12(14(18)19)5-4-10(13)2/h4-5,8,11H,3,6-7,9H2,1-2H3,(H,16,20)(H,18,19). The molecule has 0 aliphatic carbocycles. The van der Waals surface area contributed by atoms with Crippen LogP contribution in [0.3, 0.4) is 0 Å². The van der Waals surface area contributed by atoms with Crippen molar-refractivity contribution >= 4 is 17.7 Å². The normalized spacial score (nSPS) is 18.1. The highest BCUT2D eigenvalue weighted by molar-refractivity contribution is 5.94. The van der Waals surface area contributed by atoms with Gasteiger partial charge in [-0.15, -0.1) is 0 Å². The third-order valence-corrected chi connectivity index (χ3v) is 3.88. The van der Waals surface area contributed by atoms with Crippen molar-refractivity contribution < 1.29 is 14.7 Å². The number of aromatic carboxylic acids is 1. The number of urea groups is 1. The highest BCUT2D eigenvalue weighted by Crippen LogP contribution is 2.22. The number of likely N-dealkylation sites (tertiary alicyclic amines) is 1. The number of carbonyl (C=O) groups excluding carboxylic acids is 1. The van der Waals surface area contributed by atoms with E-state index in [0.717, 1.165) is 31.5 Å². The number of hydrogen-bond donors (Lipinski definition) is 2. The Kier molecular flexibility index (Phi) is 4.27. The van der Waals surface area contributed by atoms with Crippen LogP contribution in [-0.2, 0) is 0 Å². The smallest absolute Gasteiger partial charge is 0.335 e. The molecule has 1 heterocycles. The maximum atomic E-state index is 12.2. The molecule has 1 aromatic carbocycles. The minimum atomic E-state index is -0.993. The molecular formula is C15H20N2O3. The van der Waals surface area contributed by atoms with E-state index in [9.17, 15) is 9.59 Å². The third-order valence-electron chi connectivity index (χ3n) is 3.88. The lowest BCUT2D eigenvalue weighted by molar-refractivity contribution is 0.0697. The summed E-state index contributed by atoms with van der Waals surface area (Å²) in [6.45, 7) is 5.52. The first-order valence-electron chi connectivity index (χ1n) is 6.91. The molecule has 2 N–H and O–H groups in total. The van der Waals surface area contributed by atoms with E-state index in [1.807, 2.05) is 6.92 Å². The molecule has 0 saturated carbocycles. The fraction of sp³-hybridized carbons (Fsp3) is 0.467. The summed E-state index contributed by atoms with van der Waals surface area (Å²) in [5.41, 5.74) is 1.60. The molecule has 1 aliphatic heterocycles. The Morgan fingerprint density at radius 1 is 1.45 bits per heavy atom. The Hall–Kier alpha value is -2.04. The molecule has 0 radical (unpaired) electrons. The number of nitrogens with one attached hydrogen (secondary N) is 1. The first-order valence-corrected chi connectivity index (χ1v) is 6.91. The first-order chi connectivity index (χ1) is 9.51. The number of carbonyl (C=O) groups is 2. The largest absolute Gasteiger partial charge is 0.478 e. The lowest BCUT2D eigenvalue weighted by atomic mass is 10.1. The van der Waals surface area contributed by atoms with Gasteiger partial charge in [-0.05, 0) is 37.0 Å². The summed E-state index contributed by atoms with van der Waals surface area (Å²) in [7, 11) is 0. The zero-order valence-corrected chi connectivity index (χ0v) is 11.8. The van der Waals surface area contributed by atoms with Gasteiger partial charge in [-0.25, -0.2) is 9.59 Å². The van der Waals surface area contributed by atoms with E-state index in [4.69, 9.17) is 5.11 Å². The molecule has 2 rings (SSSR count). The highest BCUT2D eigenvalue weighted by atomic mass is 16.4. The van der Waals surface area contributed by atoms with Crippen LogP contribution in [0.4, 0.5) is 10.5 Å². The number of nitrogens with zero attached hydrogens (tertiary/aromatic N) is 1. The van der Waals surface area contributed by atoms with Gasteiger partial charge in [0.1, 0.15) is 0 Å². The highest BCUT2D eigenvalue weighted by Gasteiger charge is 2.25. The van der Waals surface area contributed by atoms with Crippen molar-refractivity contribution in [3.8, 4) is 0 Å². The number of rotatable bonds is 3. The van der Waals surface area contributed by atoms with Crippen LogP contribution in [-0.4, -0.2) is 35.1 Å². The quantitative estimate of drug-likeness (QED) is 0.891. The number of aryl methyl sites for hydroxylation is 1. The third kappa shape index (κ3) is 3.10. The van der Waals surface area contributed by atoms with Gasteiger partial charge in [0.15, 0.2) is 0 Å². The molecule has 1 atom stereocenters. The molecule has 5 nitrogen and oxygen atoms in total. The summed E-state index contributed by atoms with van der Waals surface area (Å²) in [6, 6.07) is 4.60. The predicted octanol–water partition coefficient (Wildman–Crippen LogP) is 2.96. The summed E-state index contributed by atoms with van der Waals surface area (Å²) in [6.07, 6.45) is 2.12. The summed E-state index contributed by atoms with van der Waals surface area (Å²) in [5, 5.41) is 11.8. The molecule has 5 heteroatoms. The number of carboxylic acid groups (broad SMARTS) is 1. The van der Waals surface area contributed by atoms with Gasteiger partial charge in [0.05, 0.1) is 5.56 Å². The lowest BCUT2D eigenvalue weighted by Crippen LogP contribution is -2.33. The second-order valence-electron chi connectivity index (χ2n) is 5.27. The van der Waals surface area contributed by atoms with Gasteiger partial charge in [-0.2, -0.15) is 0 Å². The van der Waals surface area contributed by atoms with Crippen molar-refractivity contribution in [1.29, 1.82) is 0 Å². The van der Waals surface area contributed by atoms with Crippen LogP contribution in [0.15, 0.2) is 18.2 Å². The van der Waals surface area contributed by atoms with E-state index < -0.39 is 5.97 Å². The van der Waals surface area contributed by atoms with Gasteiger partial charge in [-0.1, -0.05) is 19.4 Å².